The van der Waals surface area contributed by atoms with Gasteiger partial charge in [0.15, 0.2) is 0 Å². The standard InChI is InChI=1S/C14H27N3O2.ClH/c1-13(2,3)17-11(18)6-9-16-12(19)14(10-15)7-4-5-8-14;/h4-10,15H2,1-3H3,(H,16,19)(H,17,18);1H. The first kappa shape index (κ1) is 19.2. The number of hydrogen-bond acceptors (Lipinski definition) is 3. The largest absolute Gasteiger partial charge is 0.355 e. The SMILES string of the molecule is CC(C)(C)NC(=O)CCNC(=O)C1(CN)CCCC1.Cl. The van der Waals surface area contributed by atoms with Crippen molar-refractivity contribution in [2.45, 2.75) is 58.4 Å². The molecule has 118 valence electrons. The minimum absolute atomic E-state index is 0. The molecule has 0 radical (unpaired) electrons. The highest BCUT2D eigenvalue weighted by molar-refractivity contribution is 5.85. The summed E-state index contributed by atoms with van der Waals surface area (Å²) in [5, 5.41) is 5.72. The summed E-state index contributed by atoms with van der Waals surface area (Å²) >= 11 is 0. The Kier molecular flexibility index (Phi) is 7.52. The summed E-state index contributed by atoms with van der Waals surface area (Å²) in [6.45, 7) is 6.58. The van der Waals surface area contributed by atoms with Crippen LogP contribution >= 0.6 is 12.4 Å². The van der Waals surface area contributed by atoms with Gasteiger partial charge in [0.25, 0.3) is 0 Å². The Balaban J connectivity index is 0.00000361. The summed E-state index contributed by atoms with van der Waals surface area (Å²) in [4.78, 5) is 23.8. The third-order valence-electron chi connectivity index (χ3n) is 3.59. The van der Waals surface area contributed by atoms with Gasteiger partial charge in [-0.3, -0.25) is 9.59 Å². The lowest BCUT2D eigenvalue weighted by Crippen LogP contribution is -2.46. The number of amides is 2. The fourth-order valence-electron chi connectivity index (χ4n) is 2.53. The predicted octanol–water partition coefficient (Wildman–Crippen LogP) is 1.35. The lowest BCUT2D eigenvalue weighted by Gasteiger charge is -2.26. The second-order valence-corrected chi connectivity index (χ2v) is 6.50. The molecule has 2 amide bonds. The van der Waals surface area contributed by atoms with Crippen LogP contribution in [0.25, 0.3) is 0 Å². The zero-order chi connectivity index (χ0) is 14.5. The molecule has 6 heteroatoms. The Labute approximate surface area is 127 Å². The highest BCUT2D eigenvalue weighted by Crippen LogP contribution is 2.37. The molecule has 20 heavy (non-hydrogen) atoms. The summed E-state index contributed by atoms with van der Waals surface area (Å²) in [6.07, 6.45) is 4.17. The van der Waals surface area contributed by atoms with Crippen LogP contribution in [-0.2, 0) is 9.59 Å². The van der Waals surface area contributed by atoms with Crippen LogP contribution in [-0.4, -0.2) is 30.4 Å². The van der Waals surface area contributed by atoms with Gasteiger partial charge >= 0.3 is 0 Å². The van der Waals surface area contributed by atoms with Crippen molar-refractivity contribution in [3.05, 3.63) is 0 Å². The Hall–Kier alpha value is -0.810. The van der Waals surface area contributed by atoms with Crippen molar-refractivity contribution in [1.82, 2.24) is 10.6 Å². The van der Waals surface area contributed by atoms with E-state index >= 15 is 0 Å². The molecule has 0 atom stereocenters. The lowest BCUT2D eigenvalue weighted by molar-refractivity contribution is -0.130. The Morgan fingerprint density at radius 3 is 2.20 bits per heavy atom. The molecule has 0 unspecified atom stereocenters. The number of hydrogen-bond donors (Lipinski definition) is 3. The summed E-state index contributed by atoms with van der Waals surface area (Å²) in [5.41, 5.74) is 5.12. The molecule has 4 N–H and O–H groups in total. The van der Waals surface area contributed by atoms with Crippen LogP contribution < -0.4 is 16.4 Å². The van der Waals surface area contributed by atoms with Gasteiger partial charge in [0, 0.05) is 25.0 Å². The number of nitrogens with one attached hydrogen (secondary N) is 2. The average molecular weight is 306 g/mol. The van der Waals surface area contributed by atoms with Crippen molar-refractivity contribution in [2.75, 3.05) is 13.1 Å². The summed E-state index contributed by atoms with van der Waals surface area (Å²) < 4.78 is 0. The van der Waals surface area contributed by atoms with E-state index in [4.69, 9.17) is 5.73 Å². The first-order valence-corrected chi connectivity index (χ1v) is 7.08. The molecule has 0 aliphatic heterocycles. The van der Waals surface area contributed by atoms with Crippen molar-refractivity contribution in [2.24, 2.45) is 11.1 Å². The maximum Gasteiger partial charge on any atom is 0.227 e. The van der Waals surface area contributed by atoms with Gasteiger partial charge in [0.2, 0.25) is 11.8 Å². The third-order valence-corrected chi connectivity index (χ3v) is 3.59. The van der Waals surface area contributed by atoms with Crippen molar-refractivity contribution in [3.8, 4) is 0 Å². The molecule has 1 saturated carbocycles. The first-order chi connectivity index (χ1) is 8.79. The number of halogens is 1. The van der Waals surface area contributed by atoms with Gasteiger partial charge in [0.1, 0.15) is 0 Å². The fourth-order valence-corrected chi connectivity index (χ4v) is 2.53. The molecule has 0 bridgehead atoms. The topological polar surface area (TPSA) is 84.2 Å². The van der Waals surface area contributed by atoms with Crippen LogP contribution in [0.3, 0.4) is 0 Å². The van der Waals surface area contributed by atoms with E-state index in [0.717, 1.165) is 25.7 Å². The quantitative estimate of drug-likeness (QED) is 0.717. The molecule has 0 heterocycles. The molecule has 1 aliphatic carbocycles. The zero-order valence-corrected chi connectivity index (χ0v) is 13.6. The molecule has 0 aromatic carbocycles. The molecule has 0 aromatic rings. The monoisotopic (exact) mass is 305 g/mol. The van der Waals surface area contributed by atoms with E-state index in [1.54, 1.807) is 0 Å². The molecule has 0 saturated heterocycles. The van der Waals surface area contributed by atoms with Crippen LogP contribution in [0.15, 0.2) is 0 Å². The Morgan fingerprint density at radius 1 is 1.20 bits per heavy atom. The van der Waals surface area contributed by atoms with Gasteiger partial charge in [-0.15, -0.1) is 12.4 Å². The van der Waals surface area contributed by atoms with E-state index in [2.05, 4.69) is 10.6 Å². The van der Waals surface area contributed by atoms with E-state index in [1.807, 2.05) is 20.8 Å². The first-order valence-electron chi connectivity index (χ1n) is 7.08. The maximum atomic E-state index is 12.1. The van der Waals surface area contributed by atoms with Crippen molar-refractivity contribution < 1.29 is 9.59 Å². The lowest BCUT2D eigenvalue weighted by atomic mass is 9.85. The second kappa shape index (κ2) is 7.84. The highest BCUT2D eigenvalue weighted by atomic mass is 35.5. The van der Waals surface area contributed by atoms with Gasteiger partial charge < -0.3 is 16.4 Å². The molecule has 1 fully saturated rings. The number of rotatable bonds is 5. The predicted molar refractivity (Wildman–Crippen MR) is 82.7 cm³/mol. The van der Waals surface area contributed by atoms with Gasteiger partial charge in [0.05, 0.1) is 5.41 Å². The van der Waals surface area contributed by atoms with Crippen LogP contribution in [0.2, 0.25) is 0 Å². The van der Waals surface area contributed by atoms with Crippen LogP contribution in [0, 0.1) is 5.41 Å². The average Bonchev–Trinajstić information content (AvgIpc) is 2.76. The number of nitrogens with two attached hydrogens (primary N) is 1. The van der Waals surface area contributed by atoms with Crippen molar-refractivity contribution in [1.29, 1.82) is 0 Å². The van der Waals surface area contributed by atoms with Crippen molar-refractivity contribution >= 4 is 24.2 Å². The van der Waals surface area contributed by atoms with E-state index in [-0.39, 0.29) is 35.2 Å². The normalized spacial score (nSPS) is 17.2. The fraction of sp³-hybridized carbons (Fsp3) is 0.857. The zero-order valence-electron chi connectivity index (χ0n) is 12.8. The van der Waals surface area contributed by atoms with E-state index in [9.17, 15) is 9.59 Å². The number of carbonyl (C=O) groups is 2. The van der Waals surface area contributed by atoms with E-state index in [1.165, 1.54) is 0 Å². The highest BCUT2D eigenvalue weighted by Gasteiger charge is 2.39. The maximum absolute atomic E-state index is 12.1. The molecule has 1 aliphatic rings. The van der Waals surface area contributed by atoms with Gasteiger partial charge in [-0.1, -0.05) is 12.8 Å². The molecule has 1 rings (SSSR count). The van der Waals surface area contributed by atoms with E-state index < -0.39 is 0 Å². The van der Waals surface area contributed by atoms with Gasteiger partial charge in [-0.2, -0.15) is 0 Å². The summed E-state index contributed by atoms with van der Waals surface area (Å²) in [5.74, 6) is -0.0305. The Morgan fingerprint density at radius 2 is 1.75 bits per heavy atom. The smallest absolute Gasteiger partial charge is 0.227 e. The summed E-state index contributed by atoms with van der Waals surface area (Å²) in [6, 6.07) is 0. The van der Waals surface area contributed by atoms with Crippen molar-refractivity contribution in [3.63, 3.8) is 0 Å². The summed E-state index contributed by atoms with van der Waals surface area (Å²) in [7, 11) is 0. The minimum atomic E-state index is -0.388. The molecule has 0 spiro atoms. The van der Waals surface area contributed by atoms with Gasteiger partial charge in [-0.25, -0.2) is 0 Å². The minimum Gasteiger partial charge on any atom is -0.355 e. The second-order valence-electron chi connectivity index (χ2n) is 6.50. The number of carbonyl (C=O) groups excluding carboxylic acids is 2. The molecular formula is C14H28ClN3O2. The molecule has 5 nitrogen and oxygen atoms in total. The van der Waals surface area contributed by atoms with E-state index in [0.29, 0.717) is 19.5 Å². The molecule has 0 aromatic heterocycles. The van der Waals surface area contributed by atoms with Crippen LogP contribution in [0.5, 0.6) is 0 Å². The van der Waals surface area contributed by atoms with Gasteiger partial charge in [-0.05, 0) is 33.6 Å². The molecular weight excluding hydrogens is 278 g/mol. The third kappa shape index (κ3) is 5.67. The van der Waals surface area contributed by atoms with Crippen LogP contribution in [0.4, 0.5) is 0 Å². The Bertz CT molecular complexity index is 334. The van der Waals surface area contributed by atoms with Crippen LogP contribution in [0.1, 0.15) is 52.9 Å².